The molecule has 2 aliphatic rings. The molecule has 0 bridgehead atoms. The van der Waals surface area contributed by atoms with Gasteiger partial charge in [-0.1, -0.05) is 25.0 Å². The lowest BCUT2D eigenvalue weighted by atomic mass is 9.61. The van der Waals surface area contributed by atoms with Crippen molar-refractivity contribution in [2.45, 2.75) is 43.9 Å². The molecule has 0 N–H and O–H groups in total. The van der Waals surface area contributed by atoms with Crippen LogP contribution in [0.2, 0.25) is 0 Å². The van der Waals surface area contributed by atoms with Crippen molar-refractivity contribution < 1.29 is 4.74 Å². The van der Waals surface area contributed by atoms with Gasteiger partial charge in [0.1, 0.15) is 5.75 Å². The standard InChI is InChI=1S/C18H27NO.BrH/c1-19-12-6-11-18(10-4-3-7-16(18)14-19)15-8-5-9-17(13-15)20-2;/h5,8-9,13,16H,3-4,6-7,10-12,14H2,1-2H3;1H. The summed E-state index contributed by atoms with van der Waals surface area (Å²) in [5, 5.41) is 0. The minimum atomic E-state index is 0. The van der Waals surface area contributed by atoms with Gasteiger partial charge >= 0.3 is 0 Å². The van der Waals surface area contributed by atoms with E-state index in [0.717, 1.165) is 11.7 Å². The van der Waals surface area contributed by atoms with Gasteiger partial charge in [-0.25, -0.2) is 0 Å². The third-order valence-corrected chi connectivity index (χ3v) is 5.55. The number of hydrogen-bond acceptors (Lipinski definition) is 2. The molecule has 2 fully saturated rings. The smallest absolute Gasteiger partial charge is 0.119 e. The number of benzene rings is 1. The summed E-state index contributed by atoms with van der Waals surface area (Å²) in [6, 6.07) is 8.87. The molecule has 118 valence electrons. The zero-order valence-corrected chi connectivity index (χ0v) is 15.0. The predicted molar refractivity (Wildman–Crippen MR) is 93.7 cm³/mol. The molecule has 1 aromatic carbocycles. The number of fused-ring (bicyclic) bond motifs is 1. The molecular weight excluding hydrogens is 326 g/mol. The van der Waals surface area contributed by atoms with E-state index < -0.39 is 0 Å². The van der Waals surface area contributed by atoms with Gasteiger partial charge in [-0.2, -0.15) is 0 Å². The van der Waals surface area contributed by atoms with E-state index >= 15 is 0 Å². The molecule has 1 heterocycles. The molecule has 0 radical (unpaired) electrons. The van der Waals surface area contributed by atoms with Crippen LogP contribution in [0.4, 0.5) is 0 Å². The number of nitrogens with zero attached hydrogens (tertiary/aromatic N) is 1. The summed E-state index contributed by atoms with van der Waals surface area (Å²) < 4.78 is 5.46. The monoisotopic (exact) mass is 353 g/mol. The summed E-state index contributed by atoms with van der Waals surface area (Å²) in [4.78, 5) is 2.54. The average molecular weight is 354 g/mol. The normalized spacial score (nSPS) is 29.9. The summed E-state index contributed by atoms with van der Waals surface area (Å²) in [7, 11) is 4.06. The molecule has 2 nitrogen and oxygen atoms in total. The molecule has 1 aromatic rings. The van der Waals surface area contributed by atoms with Crippen LogP contribution in [-0.4, -0.2) is 32.1 Å². The maximum Gasteiger partial charge on any atom is 0.119 e. The lowest BCUT2D eigenvalue weighted by Crippen LogP contribution is -2.41. The van der Waals surface area contributed by atoms with Crippen molar-refractivity contribution in [3.63, 3.8) is 0 Å². The number of likely N-dealkylation sites (tertiary alicyclic amines) is 1. The molecule has 1 aliphatic carbocycles. The molecule has 3 heteroatoms. The van der Waals surface area contributed by atoms with E-state index in [1.165, 1.54) is 57.2 Å². The van der Waals surface area contributed by atoms with Crippen LogP contribution in [0, 0.1) is 5.92 Å². The number of ether oxygens (including phenoxy) is 1. The second-order valence-electron chi connectivity index (χ2n) is 6.70. The van der Waals surface area contributed by atoms with Crippen LogP contribution >= 0.6 is 17.0 Å². The van der Waals surface area contributed by atoms with Crippen molar-refractivity contribution in [3.05, 3.63) is 29.8 Å². The van der Waals surface area contributed by atoms with Crippen LogP contribution in [0.25, 0.3) is 0 Å². The van der Waals surface area contributed by atoms with Gasteiger partial charge in [0.15, 0.2) is 0 Å². The minimum absolute atomic E-state index is 0. The van der Waals surface area contributed by atoms with E-state index in [0.29, 0.717) is 5.41 Å². The number of methoxy groups -OCH3 is 1. The number of hydrogen-bond donors (Lipinski definition) is 0. The SMILES string of the molecule is Br.COc1cccc(C23CCCCC2CN(C)CCC3)c1. The van der Waals surface area contributed by atoms with Crippen molar-refractivity contribution in [2.75, 3.05) is 27.2 Å². The third kappa shape index (κ3) is 3.29. The fraction of sp³-hybridized carbons (Fsp3) is 0.667. The van der Waals surface area contributed by atoms with Crippen LogP contribution in [0.5, 0.6) is 5.75 Å². The Hall–Kier alpha value is -0.540. The molecule has 3 rings (SSSR count). The molecule has 1 aliphatic heterocycles. The highest BCUT2D eigenvalue weighted by atomic mass is 79.9. The largest absolute Gasteiger partial charge is 0.497 e. The van der Waals surface area contributed by atoms with Crippen LogP contribution in [0.1, 0.15) is 44.1 Å². The van der Waals surface area contributed by atoms with Crippen LogP contribution < -0.4 is 4.74 Å². The summed E-state index contributed by atoms with van der Waals surface area (Å²) >= 11 is 0. The van der Waals surface area contributed by atoms with Gasteiger partial charge < -0.3 is 9.64 Å². The fourth-order valence-electron chi connectivity index (χ4n) is 4.50. The molecular formula is C18H28BrNO. The first-order chi connectivity index (χ1) is 9.74. The average Bonchev–Trinajstić information content (AvgIpc) is 2.66. The van der Waals surface area contributed by atoms with Gasteiger partial charge in [-0.15, -0.1) is 17.0 Å². The van der Waals surface area contributed by atoms with E-state index in [1.54, 1.807) is 7.11 Å². The molecule has 0 spiro atoms. The molecule has 1 saturated heterocycles. The Bertz CT molecular complexity index is 464. The summed E-state index contributed by atoms with van der Waals surface area (Å²) in [6.07, 6.45) is 8.21. The summed E-state index contributed by atoms with van der Waals surface area (Å²) in [5.41, 5.74) is 1.93. The van der Waals surface area contributed by atoms with Crippen LogP contribution in [-0.2, 0) is 5.41 Å². The molecule has 2 atom stereocenters. The Balaban J connectivity index is 0.00000161. The Morgan fingerprint density at radius 1 is 1.19 bits per heavy atom. The van der Waals surface area contributed by atoms with Gasteiger partial charge in [0.2, 0.25) is 0 Å². The molecule has 1 saturated carbocycles. The van der Waals surface area contributed by atoms with E-state index in [1.807, 2.05) is 0 Å². The highest BCUT2D eigenvalue weighted by Crippen LogP contribution is 2.49. The summed E-state index contributed by atoms with van der Waals surface area (Å²) in [6.45, 7) is 2.51. The first kappa shape index (κ1) is 16.8. The van der Waals surface area contributed by atoms with E-state index in [2.05, 4.69) is 36.2 Å². The number of halogens is 1. The van der Waals surface area contributed by atoms with Gasteiger partial charge in [0.25, 0.3) is 0 Å². The lowest BCUT2D eigenvalue weighted by molar-refractivity contribution is 0.156. The maximum atomic E-state index is 5.46. The highest BCUT2D eigenvalue weighted by Gasteiger charge is 2.43. The summed E-state index contributed by atoms with van der Waals surface area (Å²) in [5.74, 6) is 1.83. The Labute approximate surface area is 139 Å². The van der Waals surface area contributed by atoms with Crippen LogP contribution in [0.3, 0.4) is 0 Å². The highest BCUT2D eigenvalue weighted by molar-refractivity contribution is 8.93. The first-order valence-corrected chi connectivity index (χ1v) is 8.08. The quantitative estimate of drug-likeness (QED) is 0.779. The van der Waals surface area contributed by atoms with Gasteiger partial charge in [0.05, 0.1) is 7.11 Å². The molecule has 0 amide bonds. The Morgan fingerprint density at radius 2 is 2.00 bits per heavy atom. The predicted octanol–water partition coefficient (Wildman–Crippen LogP) is 4.43. The van der Waals surface area contributed by atoms with Crippen molar-refractivity contribution in [3.8, 4) is 5.75 Å². The van der Waals surface area contributed by atoms with Crippen molar-refractivity contribution in [1.29, 1.82) is 0 Å². The number of rotatable bonds is 2. The van der Waals surface area contributed by atoms with Gasteiger partial charge in [0, 0.05) is 6.54 Å². The van der Waals surface area contributed by atoms with Gasteiger partial charge in [-0.05, 0) is 68.3 Å². The van der Waals surface area contributed by atoms with Crippen LogP contribution in [0.15, 0.2) is 24.3 Å². The van der Waals surface area contributed by atoms with Crippen molar-refractivity contribution in [1.82, 2.24) is 4.90 Å². The van der Waals surface area contributed by atoms with E-state index in [4.69, 9.17) is 4.74 Å². The first-order valence-electron chi connectivity index (χ1n) is 8.08. The van der Waals surface area contributed by atoms with E-state index in [-0.39, 0.29) is 17.0 Å². The zero-order chi connectivity index (χ0) is 14.0. The maximum absolute atomic E-state index is 5.46. The lowest BCUT2D eigenvalue weighted by Gasteiger charge is -2.44. The molecule has 0 aromatic heterocycles. The van der Waals surface area contributed by atoms with Gasteiger partial charge in [-0.3, -0.25) is 0 Å². The second-order valence-corrected chi connectivity index (χ2v) is 6.70. The minimum Gasteiger partial charge on any atom is -0.497 e. The fourth-order valence-corrected chi connectivity index (χ4v) is 4.50. The molecule has 21 heavy (non-hydrogen) atoms. The zero-order valence-electron chi connectivity index (χ0n) is 13.3. The van der Waals surface area contributed by atoms with E-state index in [9.17, 15) is 0 Å². The topological polar surface area (TPSA) is 12.5 Å². The molecule has 2 unspecified atom stereocenters. The Morgan fingerprint density at radius 3 is 2.81 bits per heavy atom. The second kappa shape index (κ2) is 7.15. The van der Waals surface area contributed by atoms with Crippen molar-refractivity contribution >= 4 is 17.0 Å². The van der Waals surface area contributed by atoms with Crippen molar-refractivity contribution in [2.24, 2.45) is 5.92 Å². The Kier molecular flexibility index (Phi) is 5.73. The third-order valence-electron chi connectivity index (χ3n) is 5.55.